The Morgan fingerprint density at radius 2 is 2.44 bits per heavy atom. The predicted molar refractivity (Wildman–Crippen MR) is 60.9 cm³/mol. The molecule has 2 rings (SSSR count). The zero-order valence-corrected chi connectivity index (χ0v) is 9.37. The molecule has 0 amide bonds. The molecule has 0 unspecified atom stereocenters. The molecule has 2 aromatic rings. The molecule has 0 bridgehead atoms. The van der Waals surface area contributed by atoms with Crippen molar-refractivity contribution in [2.45, 2.75) is 6.92 Å². The number of hydrogen-bond acceptors (Lipinski definition) is 5. The first kappa shape index (κ1) is 10.6. The van der Waals surface area contributed by atoms with Crippen LogP contribution in [0.3, 0.4) is 0 Å². The molecular weight excluding hydrogens is 224 g/mol. The Balaban J connectivity index is 2.33. The van der Waals surface area contributed by atoms with Gasteiger partial charge in [0.15, 0.2) is 0 Å². The third kappa shape index (κ3) is 2.18. The maximum atomic E-state index is 11.1. The molecule has 0 fully saturated rings. The van der Waals surface area contributed by atoms with Gasteiger partial charge < -0.3 is 4.74 Å². The van der Waals surface area contributed by atoms with Crippen molar-refractivity contribution in [3.63, 3.8) is 0 Å². The van der Waals surface area contributed by atoms with E-state index >= 15 is 0 Å². The van der Waals surface area contributed by atoms with E-state index in [4.69, 9.17) is 4.74 Å². The lowest BCUT2D eigenvalue weighted by atomic mass is 10.3. The van der Waals surface area contributed by atoms with Crippen molar-refractivity contribution in [1.29, 1.82) is 0 Å². The van der Waals surface area contributed by atoms with Crippen molar-refractivity contribution in [2.75, 3.05) is 6.61 Å². The second-order valence-electron chi connectivity index (χ2n) is 2.83. The number of thiophene rings is 1. The number of rotatable bonds is 1. The van der Waals surface area contributed by atoms with E-state index in [0.29, 0.717) is 12.3 Å². The summed E-state index contributed by atoms with van der Waals surface area (Å²) >= 11 is 1.51. The summed E-state index contributed by atoms with van der Waals surface area (Å²) in [4.78, 5) is 20.0. The number of fused-ring (bicyclic) bond motifs is 1. The molecule has 16 heavy (non-hydrogen) atoms. The predicted octanol–water partition coefficient (Wildman–Crippen LogP) is 1.61. The van der Waals surface area contributed by atoms with E-state index in [2.05, 4.69) is 21.8 Å². The monoisotopic (exact) mass is 232 g/mol. The first-order valence-corrected chi connectivity index (χ1v) is 5.56. The molecular formula is C11H8N2O2S. The molecule has 0 spiro atoms. The smallest absolute Gasteiger partial charge is 0.384 e. The normalized spacial score (nSPS) is 9.56. The zero-order valence-electron chi connectivity index (χ0n) is 8.56. The van der Waals surface area contributed by atoms with Crippen LogP contribution in [0.15, 0.2) is 17.8 Å². The molecule has 0 aromatic carbocycles. The molecule has 0 saturated carbocycles. The van der Waals surface area contributed by atoms with Gasteiger partial charge in [-0.2, -0.15) is 0 Å². The largest absolute Gasteiger partial charge is 0.456 e. The van der Waals surface area contributed by atoms with Crippen LogP contribution >= 0.6 is 11.3 Å². The molecule has 0 saturated heterocycles. The number of aromatic nitrogens is 2. The summed E-state index contributed by atoms with van der Waals surface area (Å²) in [6, 6.07) is 1.88. The van der Waals surface area contributed by atoms with Crippen LogP contribution in [0.5, 0.6) is 0 Å². The first-order valence-electron chi connectivity index (χ1n) is 4.68. The Bertz CT molecular complexity index is 580. The zero-order chi connectivity index (χ0) is 11.4. The van der Waals surface area contributed by atoms with Gasteiger partial charge in [0, 0.05) is 11.3 Å². The van der Waals surface area contributed by atoms with Crippen molar-refractivity contribution in [3.05, 3.63) is 23.5 Å². The summed E-state index contributed by atoms with van der Waals surface area (Å²) < 4.78 is 4.70. The van der Waals surface area contributed by atoms with Crippen molar-refractivity contribution in [1.82, 2.24) is 9.97 Å². The van der Waals surface area contributed by atoms with Gasteiger partial charge in [-0.05, 0) is 24.3 Å². The van der Waals surface area contributed by atoms with Gasteiger partial charge in [0.1, 0.15) is 16.9 Å². The van der Waals surface area contributed by atoms with E-state index in [1.54, 1.807) is 6.92 Å². The topological polar surface area (TPSA) is 52.1 Å². The standard InChI is InChI=1S/C11H8N2O2S/c1-2-15-10(14)4-3-9-8-5-6-16-11(8)13-7-12-9/h5-7H,2H2,1H3. The lowest BCUT2D eigenvalue weighted by Crippen LogP contribution is -1.99. The third-order valence-corrected chi connectivity index (χ3v) is 2.64. The summed E-state index contributed by atoms with van der Waals surface area (Å²) in [6.45, 7) is 2.06. The van der Waals surface area contributed by atoms with E-state index in [9.17, 15) is 4.79 Å². The fourth-order valence-electron chi connectivity index (χ4n) is 1.17. The molecule has 0 atom stereocenters. The highest BCUT2D eigenvalue weighted by atomic mass is 32.1. The van der Waals surface area contributed by atoms with E-state index < -0.39 is 5.97 Å². The van der Waals surface area contributed by atoms with Crippen LogP contribution in [0, 0.1) is 11.8 Å². The molecule has 2 heterocycles. The average Bonchev–Trinajstić information content (AvgIpc) is 2.75. The second kappa shape index (κ2) is 4.73. The maximum absolute atomic E-state index is 11.1. The number of carbonyl (C=O) groups excluding carboxylic acids is 1. The van der Waals surface area contributed by atoms with Crippen LogP contribution in [0.2, 0.25) is 0 Å². The quantitative estimate of drug-likeness (QED) is 0.553. The highest BCUT2D eigenvalue weighted by molar-refractivity contribution is 7.16. The Kier molecular flexibility index (Phi) is 3.13. The molecule has 5 heteroatoms. The maximum Gasteiger partial charge on any atom is 0.384 e. The summed E-state index contributed by atoms with van der Waals surface area (Å²) in [7, 11) is 0. The average molecular weight is 232 g/mol. The van der Waals surface area contributed by atoms with Gasteiger partial charge in [-0.3, -0.25) is 0 Å². The molecule has 2 aromatic heterocycles. The molecule has 0 radical (unpaired) electrons. The summed E-state index contributed by atoms with van der Waals surface area (Å²) in [5.74, 6) is 4.54. The van der Waals surface area contributed by atoms with E-state index in [-0.39, 0.29) is 0 Å². The van der Waals surface area contributed by atoms with Gasteiger partial charge in [-0.15, -0.1) is 11.3 Å². The highest BCUT2D eigenvalue weighted by Crippen LogP contribution is 2.19. The minimum atomic E-state index is -0.538. The fourth-order valence-corrected chi connectivity index (χ4v) is 1.90. The number of esters is 1. The number of ether oxygens (including phenoxy) is 1. The van der Waals surface area contributed by atoms with Gasteiger partial charge >= 0.3 is 5.97 Å². The van der Waals surface area contributed by atoms with Gasteiger partial charge in [0.05, 0.1) is 6.61 Å². The van der Waals surface area contributed by atoms with E-state index in [1.165, 1.54) is 17.7 Å². The lowest BCUT2D eigenvalue weighted by Gasteiger charge is -1.92. The van der Waals surface area contributed by atoms with Crippen LogP contribution < -0.4 is 0 Å². The highest BCUT2D eigenvalue weighted by Gasteiger charge is 2.02. The van der Waals surface area contributed by atoms with Gasteiger partial charge in [-0.25, -0.2) is 14.8 Å². The second-order valence-corrected chi connectivity index (χ2v) is 3.73. The molecule has 0 aliphatic rings. The summed E-state index contributed by atoms with van der Waals surface area (Å²) in [6.07, 6.45) is 1.44. The molecule has 0 N–H and O–H groups in total. The van der Waals surface area contributed by atoms with Crippen LogP contribution in [0.25, 0.3) is 10.2 Å². The van der Waals surface area contributed by atoms with Crippen molar-refractivity contribution < 1.29 is 9.53 Å². The minimum absolute atomic E-state index is 0.325. The summed E-state index contributed by atoms with van der Waals surface area (Å²) in [5, 5.41) is 2.78. The number of carbonyl (C=O) groups is 1. The molecule has 4 nitrogen and oxygen atoms in total. The first-order chi connectivity index (χ1) is 7.81. The Labute approximate surface area is 96.3 Å². The van der Waals surface area contributed by atoms with E-state index in [0.717, 1.165) is 10.2 Å². The van der Waals surface area contributed by atoms with Crippen molar-refractivity contribution >= 4 is 27.5 Å². The third-order valence-electron chi connectivity index (χ3n) is 1.82. The number of hydrogen-bond donors (Lipinski definition) is 0. The van der Waals surface area contributed by atoms with Gasteiger partial charge in [0.25, 0.3) is 0 Å². The van der Waals surface area contributed by atoms with Crippen LogP contribution in [-0.4, -0.2) is 22.5 Å². The fraction of sp³-hybridized carbons (Fsp3) is 0.182. The Morgan fingerprint density at radius 1 is 1.56 bits per heavy atom. The lowest BCUT2D eigenvalue weighted by molar-refractivity contribution is -0.136. The molecule has 0 aliphatic heterocycles. The van der Waals surface area contributed by atoms with Crippen LogP contribution in [0.4, 0.5) is 0 Å². The molecule has 0 aliphatic carbocycles. The Hall–Kier alpha value is -1.93. The van der Waals surface area contributed by atoms with Gasteiger partial charge in [0.2, 0.25) is 0 Å². The molecule has 80 valence electrons. The SMILES string of the molecule is CCOC(=O)C#Cc1ncnc2sccc12. The van der Waals surface area contributed by atoms with Crippen molar-refractivity contribution in [2.24, 2.45) is 0 Å². The summed E-state index contributed by atoms with van der Waals surface area (Å²) in [5.41, 5.74) is 0.555. The Morgan fingerprint density at radius 3 is 3.25 bits per heavy atom. The minimum Gasteiger partial charge on any atom is -0.456 e. The van der Waals surface area contributed by atoms with Gasteiger partial charge in [-0.1, -0.05) is 0 Å². The van der Waals surface area contributed by atoms with E-state index in [1.807, 2.05) is 11.4 Å². The van der Waals surface area contributed by atoms with Crippen LogP contribution in [0.1, 0.15) is 12.6 Å². The van der Waals surface area contributed by atoms with Crippen molar-refractivity contribution in [3.8, 4) is 11.8 Å². The van der Waals surface area contributed by atoms with Crippen LogP contribution in [-0.2, 0) is 9.53 Å². The number of nitrogens with zero attached hydrogens (tertiary/aromatic N) is 2.